The average molecular weight is 264 g/mol. The largest absolute Gasteiger partial charge is 0.492 e. The van der Waals surface area contributed by atoms with E-state index in [4.69, 9.17) is 9.84 Å². The Morgan fingerprint density at radius 3 is 2.95 bits per heavy atom. The Morgan fingerprint density at radius 2 is 2.32 bits per heavy atom. The van der Waals surface area contributed by atoms with Crippen LogP contribution in [0.4, 0.5) is 4.39 Å². The molecular formula is C13H13FN2O3. The first kappa shape index (κ1) is 13.1. The summed E-state index contributed by atoms with van der Waals surface area (Å²) in [5.74, 6) is -2.10. The van der Waals surface area contributed by atoms with Gasteiger partial charge in [0.1, 0.15) is 17.1 Å². The second kappa shape index (κ2) is 5.51. The van der Waals surface area contributed by atoms with Crippen molar-refractivity contribution in [3.63, 3.8) is 0 Å². The molecule has 0 saturated heterocycles. The van der Waals surface area contributed by atoms with E-state index in [1.165, 1.54) is 12.1 Å². The maximum Gasteiger partial charge on any atom is 0.342 e. The minimum absolute atomic E-state index is 0.0383. The molecule has 2 aromatic rings. The molecule has 2 rings (SSSR count). The average Bonchev–Trinajstić information content (AvgIpc) is 2.74. The first-order chi connectivity index (χ1) is 9.08. The lowest BCUT2D eigenvalue weighted by Crippen LogP contribution is -2.08. The normalized spacial score (nSPS) is 10.4. The van der Waals surface area contributed by atoms with Gasteiger partial charge in [-0.2, -0.15) is 5.10 Å². The van der Waals surface area contributed by atoms with Crippen molar-refractivity contribution in [3.05, 3.63) is 47.5 Å². The fourth-order valence-corrected chi connectivity index (χ4v) is 1.71. The van der Waals surface area contributed by atoms with Gasteiger partial charge in [0.25, 0.3) is 0 Å². The Balaban J connectivity index is 2.03. The van der Waals surface area contributed by atoms with Crippen LogP contribution in [0.5, 0.6) is 5.75 Å². The summed E-state index contributed by atoms with van der Waals surface area (Å²) in [7, 11) is 1.81. The molecule has 5 nitrogen and oxygen atoms in total. The Hall–Kier alpha value is -2.37. The molecule has 0 aliphatic carbocycles. The van der Waals surface area contributed by atoms with Crippen molar-refractivity contribution in [2.75, 3.05) is 6.61 Å². The van der Waals surface area contributed by atoms with Crippen LogP contribution in [0.15, 0.2) is 30.6 Å². The highest BCUT2D eigenvalue weighted by Gasteiger charge is 2.16. The van der Waals surface area contributed by atoms with Gasteiger partial charge in [-0.1, -0.05) is 6.07 Å². The summed E-state index contributed by atoms with van der Waals surface area (Å²) in [6.45, 7) is 0.259. The number of halogens is 1. The van der Waals surface area contributed by atoms with Crippen molar-refractivity contribution in [3.8, 4) is 5.75 Å². The van der Waals surface area contributed by atoms with Crippen LogP contribution in [0.2, 0.25) is 0 Å². The third-order valence-corrected chi connectivity index (χ3v) is 2.60. The maximum atomic E-state index is 13.4. The van der Waals surface area contributed by atoms with Crippen LogP contribution in [0.1, 0.15) is 15.9 Å². The number of carboxylic acid groups (broad SMARTS) is 1. The molecule has 0 fully saturated rings. The van der Waals surface area contributed by atoms with E-state index in [1.54, 1.807) is 17.9 Å². The molecule has 1 aromatic carbocycles. The number of rotatable bonds is 5. The van der Waals surface area contributed by atoms with E-state index in [0.29, 0.717) is 6.42 Å². The molecule has 0 aliphatic heterocycles. The highest BCUT2D eigenvalue weighted by molar-refractivity contribution is 5.91. The minimum atomic E-state index is -1.34. The van der Waals surface area contributed by atoms with Gasteiger partial charge in [0.05, 0.1) is 12.8 Å². The highest BCUT2D eigenvalue weighted by Crippen LogP contribution is 2.21. The smallest absolute Gasteiger partial charge is 0.342 e. The second-order valence-corrected chi connectivity index (χ2v) is 4.04. The highest BCUT2D eigenvalue weighted by atomic mass is 19.1. The summed E-state index contributed by atoms with van der Waals surface area (Å²) in [5.41, 5.74) is 0.532. The number of hydrogen-bond acceptors (Lipinski definition) is 3. The molecule has 0 radical (unpaired) electrons. The SMILES string of the molecule is Cn1cc(CCOc2cccc(F)c2C(=O)O)cn1. The van der Waals surface area contributed by atoms with Crippen LogP contribution >= 0.6 is 0 Å². The molecule has 6 heteroatoms. The monoisotopic (exact) mass is 264 g/mol. The maximum absolute atomic E-state index is 13.4. The number of benzene rings is 1. The van der Waals surface area contributed by atoms with Gasteiger partial charge in [-0.05, 0) is 17.7 Å². The quantitative estimate of drug-likeness (QED) is 0.895. The third kappa shape index (κ3) is 3.09. The van der Waals surface area contributed by atoms with E-state index in [-0.39, 0.29) is 12.4 Å². The van der Waals surface area contributed by atoms with Gasteiger partial charge in [0, 0.05) is 19.7 Å². The van der Waals surface area contributed by atoms with E-state index < -0.39 is 17.3 Å². The fourth-order valence-electron chi connectivity index (χ4n) is 1.71. The number of ether oxygens (including phenoxy) is 1. The zero-order chi connectivity index (χ0) is 13.8. The predicted molar refractivity (Wildman–Crippen MR) is 65.8 cm³/mol. The lowest BCUT2D eigenvalue weighted by molar-refractivity contribution is 0.0687. The standard InChI is InChI=1S/C13H13FN2O3/c1-16-8-9(7-15-16)5-6-19-11-4-2-3-10(14)12(11)13(17)18/h2-4,7-8H,5-6H2,1H3,(H,17,18). The molecule has 0 atom stereocenters. The lowest BCUT2D eigenvalue weighted by Gasteiger charge is -2.08. The van der Waals surface area contributed by atoms with Crippen LogP contribution in [0.3, 0.4) is 0 Å². The van der Waals surface area contributed by atoms with Gasteiger partial charge in [-0.3, -0.25) is 4.68 Å². The summed E-state index contributed by atoms with van der Waals surface area (Å²) in [4.78, 5) is 10.9. The Labute approximate surface area is 109 Å². The summed E-state index contributed by atoms with van der Waals surface area (Å²) in [5, 5.41) is 12.9. The topological polar surface area (TPSA) is 64.3 Å². The zero-order valence-electron chi connectivity index (χ0n) is 10.3. The number of aromatic nitrogens is 2. The number of aromatic carboxylic acids is 1. The van der Waals surface area contributed by atoms with E-state index in [9.17, 15) is 9.18 Å². The number of carboxylic acids is 1. The van der Waals surface area contributed by atoms with Gasteiger partial charge < -0.3 is 9.84 Å². The molecule has 1 heterocycles. The molecule has 100 valence electrons. The first-order valence-electron chi connectivity index (χ1n) is 5.70. The summed E-state index contributed by atoms with van der Waals surface area (Å²) in [6, 6.07) is 3.95. The number of carbonyl (C=O) groups is 1. The zero-order valence-corrected chi connectivity index (χ0v) is 10.3. The van der Waals surface area contributed by atoms with Gasteiger partial charge >= 0.3 is 5.97 Å². The van der Waals surface area contributed by atoms with E-state index in [2.05, 4.69) is 5.10 Å². The third-order valence-electron chi connectivity index (χ3n) is 2.60. The summed E-state index contributed by atoms with van der Waals surface area (Å²) < 4.78 is 20.4. The Morgan fingerprint density at radius 1 is 1.53 bits per heavy atom. The molecule has 0 spiro atoms. The van der Waals surface area contributed by atoms with Crippen LogP contribution in [0, 0.1) is 5.82 Å². The lowest BCUT2D eigenvalue weighted by atomic mass is 10.2. The van der Waals surface area contributed by atoms with Crippen molar-refractivity contribution < 1.29 is 19.0 Å². The molecule has 0 amide bonds. The van der Waals surface area contributed by atoms with E-state index in [1.807, 2.05) is 6.20 Å². The molecule has 1 aromatic heterocycles. The van der Waals surface area contributed by atoms with Gasteiger partial charge in [-0.15, -0.1) is 0 Å². The second-order valence-electron chi connectivity index (χ2n) is 4.04. The molecule has 19 heavy (non-hydrogen) atoms. The van der Waals surface area contributed by atoms with Crippen LogP contribution < -0.4 is 4.74 Å². The first-order valence-corrected chi connectivity index (χ1v) is 5.70. The number of nitrogens with zero attached hydrogens (tertiary/aromatic N) is 2. The summed E-state index contributed by atoms with van der Waals surface area (Å²) >= 11 is 0. The molecule has 0 unspecified atom stereocenters. The van der Waals surface area contributed by atoms with Crippen molar-refractivity contribution in [1.82, 2.24) is 9.78 Å². The fraction of sp³-hybridized carbons (Fsp3) is 0.231. The van der Waals surface area contributed by atoms with Crippen molar-refractivity contribution in [2.24, 2.45) is 7.05 Å². The molecular weight excluding hydrogens is 251 g/mol. The molecule has 0 saturated carbocycles. The van der Waals surface area contributed by atoms with Crippen molar-refractivity contribution in [1.29, 1.82) is 0 Å². The molecule has 0 bridgehead atoms. The Bertz CT molecular complexity index is 595. The number of hydrogen-bond donors (Lipinski definition) is 1. The minimum Gasteiger partial charge on any atom is -0.492 e. The van der Waals surface area contributed by atoms with Crippen molar-refractivity contribution >= 4 is 5.97 Å². The number of aryl methyl sites for hydroxylation is 1. The van der Waals surface area contributed by atoms with Gasteiger partial charge in [0.15, 0.2) is 0 Å². The molecule has 0 aliphatic rings. The van der Waals surface area contributed by atoms with E-state index in [0.717, 1.165) is 11.6 Å². The summed E-state index contributed by atoms with van der Waals surface area (Å²) in [6.07, 6.45) is 4.11. The van der Waals surface area contributed by atoms with Crippen LogP contribution in [-0.2, 0) is 13.5 Å². The van der Waals surface area contributed by atoms with E-state index >= 15 is 0 Å². The van der Waals surface area contributed by atoms with Gasteiger partial charge in [0.2, 0.25) is 0 Å². The van der Waals surface area contributed by atoms with Gasteiger partial charge in [-0.25, -0.2) is 9.18 Å². The molecule has 1 N–H and O–H groups in total. The van der Waals surface area contributed by atoms with Crippen LogP contribution in [-0.4, -0.2) is 27.5 Å². The van der Waals surface area contributed by atoms with Crippen molar-refractivity contribution in [2.45, 2.75) is 6.42 Å². The predicted octanol–water partition coefficient (Wildman–Crippen LogP) is 1.88. The Kier molecular flexibility index (Phi) is 3.79. The van der Waals surface area contributed by atoms with Crippen LogP contribution in [0.25, 0.3) is 0 Å².